The first kappa shape index (κ1) is 24.6. The van der Waals surface area contributed by atoms with Crippen molar-refractivity contribution in [2.75, 3.05) is 4.90 Å². The van der Waals surface area contributed by atoms with Crippen LogP contribution < -0.4 is 15.8 Å². The van der Waals surface area contributed by atoms with E-state index in [1.54, 1.807) is 12.1 Å². The van der Waals surface area contributed by atoms with E-state index >= 15 is 0 Å². The van der Waals surface area contributed by atoms with Crippen LogP contribution in [0.15, 0.2) is 109 Å². The number of nitrogens with zero attached hydrogens (tertiary/aromatic N) is 1. The summed E-state index contributed by atoms with van der Waals surface area (Å²) in [6, 6.07) is 29.8. The molecule has 0 amide bonds. The molecular weight excluding hydrogens is 522 g/mol. The SMILES string of the molecule is Cc1c2oc3cc(N4c5ccccc5C(C)(C)c5ccccc54)ccc3c(=O)c2c(C)c2oc3ccccc3c(=O)c12. The molecule has 5 nitrogen and oxygen atoms in total. The highest BCUT2D eigenvalue weighted by Gasteiger charge is 2.36. The van der Waals surface area contributed by atoms with Crippen LogP contribution in [0.5, 0.6) is 0 Å². The second-order valence-corrected chi connectivity index (χ2v) is 11.7. The standard InChI is InChI=1S/C37H27NO4/c1-20-32-34(40)24-18-17-22(38-27-14-8-6-12-25(27)37(3,4)26-13-7-9-15-28(26)38)19-30(24)42-36(32)21(2)31-33(39)23-11-5-10-16-29(23)41-35(20)31/h5-19H,1-4H3. The molecule has 1 aliphatic rings. The van der Waals surface area contributed by atoms with Gasteiger partial charge in [-0.1, -0.05) is 62.4 Å². The lowest BCUT2D eigenvalue weighted by Crippen LogP contribution is -2.30. The molecule has 0 radical (unpaired) electrons. The smallest absolute Gasteiger partial charge is 0.200 e. The van der Waals surface area contributed by atoms with Gasteiger partial charge < -0.3 is 13.7 Å². The Morgan fingerprint density at radius 2 is 1.10 bits per heavy atom. The summed E-state index contributed by atoms with van der Waals surface area (Å²) in [5, 5.41) is 1.87. The zero-order valence-electron chi connectivity index (χ0n) is 23.7. The van der Waals surface area contributed by atoms with Crippen LogP contribution in [0.4, 0.5) is 17.1 Å². The van der Waals surface area contributed by atoms with E-state index in [0.717, 1.165) is 17.1 Å². The van der Waals surface area contributed by atoms with E-state index in [1.807, 2.05) is 44.2 Å². The number of aryl methyl sites for hydroxylation is 2. The molecule has 2 aromatic heterocycles. The highest BCUT2D eigenvalue weighted by molar-refractivity contribution is 6.06. The molecule has 3 heterocycles. The van der Waals surface area contributed by atoms with Crippen molar-refractivity contribution in [3.8, 4) is 0 Å². The summed E-state index contributed by atoms with van der Waals surface area (Å²) in [5.41, 5.74) is 8.08. The van der Waals surface area contributed by atoms with E-state index in [1.165, 1.54) is 11.1 Å². The van der Waals surface area contributed by atoms with Crippen LogP contribution in [0.3, 0.4) is 0 Å². The summed E-state index contributed by atoms with van der Waals surface area (Å²) in [6.07, 6.45) is 0. The van der Waals surface area contributed by atoms with Gasteiger partial charge in [-0.3, -0.25) is 9.59 Å². The zero-order chi connectivity index (χ0) is 28.9. The van der Waals surface area contributed by atoms with Crippen molar-refractivity contribution in [2.24, 2.45) is 0 Å². The van der Waals surface area contributed by atoms with E-state index < -0.39 is 0 Å². The van der Waals surface area contributed by atoms with Gasteiger partial charge in [0.2, 0.25) is 10.9 Å². The Balaban J connectivity index is 1.43. The number of benzene rings is 5. The Kier molecular flexibility index (Phi) is 4.94. The van der Waals surface area contributed by atoms with Crippen molar-refractivity contribution in [2.45, 2.75) is 33.1 Å². The predicted octanol–water partition coefficient (Wildman–Crippen LogP) is 8.93. The fraction of sp³-hybridized carbons (Fsp3) is 0.135. The second-order valence-electron chi connectivity index (χ2n) is 11.7. The van der Waals surface area contributed by atoms with Crippen molar-refractivity contribution >= 4 is 60.9 Å². The van der Waals surface area contributed by atoms with Gasteiger partial charge >= 0.3 is 0 Å². The monoisotopic (exact) mass is 549 g/mol. The number of hydrogen-bond acceptors (Lipinski definition) is 5. The third-order valence-electron chi connectivity index (χ3n) is 9.00. The Bertz CT molecular complexity index is 2360. The first-order valence-electron chi connectivity index (χ1n) is 14.1. The second kappa shape index (κ2) is 8.43. The highest BCUT2D eigenvalue weighted by atomic mass is 16.3. The molecule has 0 bridgehead atoms. The molecule has 0 saturated carbocycles. The van der Waals surface area contributed by atoms with Crippen molar-refractivity contribution in [1.82, 2.24) is 0 Å². The number of rotatable bonds is 1. The summed E-state index contributed by atoms with van der Waals surface area (Å²) in [4.78, 5) is 29.9. The largest absolute Gasteiger partial charge is 0.455 e. The van der Waals surface area contributed by atoms with Crippen molar-refractivity contribution in [3.05, 3.63) is 134 Å². The predicted molar refractivity (Wildman–Crippen MR) is 170 cm³/mol. The molecule has 5 heteroatoms. The molecule has 8 rings (SSSR count). The van der Waals surface area contributed by atoms with Gasteiger partial charge in [-0.15, -0.1) is 0 Å². The molecule has 0 saturated heterocycles. The van der Waals surface area contributed by atoms with Gasteiger partial charge in [0, 0.05) is 28.3 Å². The molecule has 0 atom stereocenters. The van der Waals surface area contributed by atoms with Crippen LogP contribution in [0, 0.1) is 13.8 Å². The van der Waals surface area contributed by atoms with E-state index in [-0.39, 0.29) is 16.3 Å². The maximum atomic E-state index is 14.0. The summed E-state index contributed by atoms with van der Waals surface area (Å²) >= 11 is 0. The number of hydrogen-bond donors (Lipinski definition) is 0. The number of fused-ring (bicyclic) bond motifs is 6. The first-order valence-corrected chi connectivity index (χ1v) is 14.1. The van der Waals surface area contributed by atoms with Gasteiger partial charge in [0.05, 0.1) is 32.9 Å². The van der Waals surface area contributed by atoms with Crippen LogP contribution in [0.25, 0.3) is 43.9 Å². The van der Waals surface area contributed by atoms with Gasteiger partial charge in [-0.05, 0) is 61.4 Å². The molecule has 0 fully saturated rings. The molecule has 42 heavy (non-hydrogen) atoms. The van der Waals surface area contributed by atoms with E-state index in [9.17, 15) is 9.59 Å². The van der Waals surface area contributed by atoms with Gasteiger partial charge in [-0.25, -0.2) is 0 Å². The van der Waals surface area contributed by atoms with Gasteiger partial charge in [0.15, 0.2) is 0 Å². The normalized spacial score (nSPS) is 14.0. The van der Waals surface area contributed by atoms with E-state index in [2.05, 4.69) is 67.3 Å². The van der Waals surface area contributed by atoms with Crippen LogP contribution in [0.2, 0.25) is 0 Å². The quantitative estimate of drug-likeness (QED) is 0.191. The fourth-order valence-corrected chi connectivity index (χ4v) is 6.85. The van der Waals surface area contributed by atoms with Crippen molar-refractivity contribution < 1.29 is 8.83 Å². The average Bonchev–Trinajstić information content (AvgIpc) is 3.00. The first-order chi connectivity index (χ1) is 20.3. The molecule has 0 N–H and O–H groups in total. The van der Waals surface area contributed by atoms with Gasteiger partial charge in [0.25, 0.3) is 0 Å². The third kappa shape index (κ3) is 3.13. The molecule has 0 spiro atoms. The van der Waals surface area contributed by atoms with Crippen LogP contribution in [0.1, 0.15) is 36.1 Å². The van der Waals surface area contributed by atoms with Gasteiger partial charge in [-0.2, -0.15) is 0 Å². The minimum absolute atomic E-state index is 0.130. The molecule has 7 aromatic rings. The lowest BCUT2D eigenvalue weighted by atomic mass is 9.73. The van der Waals surface area contributed by atoms with Crippen LogP contribution >= 0.6 is 0 Å². The maximum Gasteiger partial charge on any atom is 0.200 e. The molecular formula is C37H27NO4. The Morgan fingerprint density at radius 1 is 0.595 bits per heavy atom. The molecule has 0 aliphatic carbocycles. The summed E-state index contributed by atoms with van der Waals surface area (Å²) in [5.74, 6) is 0. The van der Waals surface area contributed by atoms with Crippen LogP contribution in [-0.2, 0) is 5.41 Å². The highest BCUT2D eigenvalue weighted by Crippen LogP contribution is 2.51. The minimum Gasteiger partial charge on any atom is -0.455 e. The van der Waals surface area contributed by atoms with Crippen molar-refractivity contribution in [3.63, 3.8) is 0 Å². The zero-order valence-corrected chi connectivity index (χ0v) is 23.7. The fourth-order valence-electron chi connectivity index (χ4n) is 6.85. The molecule has 204 valence electrons. The Hall–Kier alpha value is -5.16. The lowest BCUT2D eigenvalue weighted by Gasteiger charge is -2.42. The summed E-state index contributed by atoms with van der Waals surface area (Å²) in [6.45, 7) is 8.15. The molecule has 0 unspecified atom stereocenters. The Labute approximate surface area is 241 Å². The van der Waals surface area contributed by atoms with E-state index in [0.29, 0.717) is 55.0 Å². The lowest BCUT2D eigenvalue weighted by molar-refractivity contribution is 0.631. The number of para-hydroxylation sites is 3. The van der Waals surface area contributed by atoms with E-state index in [4.69, 9.17) is 8.83 Å². The minimum atomic E-state index is -0.176. The topological polar surface area (TPSA) is 63.7 Å². The Morgan fingerprint density at radius 3 is 1.71 bits per heavy atom. The number of anilines is 3. The molecule has 5 aromatic carbocycles. The summed E-state index contributed by atoms with van der Waals surface area (Å²) in [7, 11) is 0. The van der Waals surface area contributed by atoms with Crippen molar-refractivity contribution in [1.29, 1.82) is 0 Å². The maximum absolute atomic E-state index is 14.0. The summed E-state index contributed by atoms with van der Waals surface area (Å²) < 4.78 is 12.8. The molecule has 1 aliphatic heterocycles. The van der Waals surface area contributed by atoms with Gasteiger partial charge in [0.1, 0.15) is 22.3 Å². The third-order valence-corrected chi connectivity index (χ3v) is 9.00. The van der Waals surface area contributed by atoms with Crippen LogP contribution in [-0.4, -0.2) is 0 Å². The average molecular weight is 550 g/mol.